The zero-order valence-electron chi connectivity index (χ0n) is 18.6. The van der Waals surface area contributed by atoms with Crippen LogP contribution in [0.5, 0.6) is 0 Å². The molecule has 0 radical (unpaired) electrons. The first-order chi connectivity index (χ1) is 15.5. The summed E-state index contributed by atoms with van der Waals surface area (Å²) in [7, 11) is 3.42. The maximum Gasteiger partial charge on any atom is 0.416 e. The molecule has 8 nitrogen and oxygen atoms in total. The highest BCUT2D eigenvalue weighted by Crippen LogP contribution is 2.41. The van der Waals surface area contributed by atoms with Crippen LogP contribution in [0.1, 0.15) is 24.1 Å². The third kappa shape index (κ3) is 4.05. The SMILES string of the molecule is CC(C(=O)N1CCN(C)CC1)N1CC2=C(C1=O)C(c1ccccc1C(F)(F)F)NC(=O)N2C. The van der Waals surface area contributed by atoms with Crippen molar-refractivity contribution in [3.63, 3.8) is 0 Å². The summed E-state index contributed by atoms with van der Waals surface area (Å²) in [5, 5.41) is 2.53. The van der Waals surface area contributed by atoms with Crippen molar-refractivity contribution in [3.05, 3.63) is 46.7 Å². The zero-order chi connectivity index (χ0) is 24.1. The monoisotopic (exact) mass is 465 g/mol. The van der Waals surface area contributed by atoms with E-state index >= 15 is 0 Å². The molecule has 2 atom stereocenters. The van der Waals surface area contributed by atoms with Crippen molar-refractivity contribution in [1.29, 1.82) is 0 Å². The third-order valence-corrected chi connectivity index (χ3v) is 6.61. The number of carbonyl (C=O) groups excluding carboxylic acids is 3. The molecule has 0 bridgehead atoms. The normalized spacial score (nSPS) is 23.1. The van der Waals surface area contributed by atoms with E-state index in [1.54, 1.807) is 11.8 Å². The fourth-order valence-corrected chi connectivity index (χ4v) is 4.57. The zero-order valence-corrected chi connectivity index (χ0v) is 18.6. The number of hydrogen-bond acceptors (Lipinski definition) is 4. The van der Waals surface area contributed by atoms with Crippen LogP contribution in [0.15, 0.2) is 35.5 Å². The molecular formula is C22H26F3N5O3. The van der Waals surface area contributed by atoms with Gasteiger partial charge in [0.05, 0.1) is 29.4 Å². The number of halogens is 3. The van der Waals surface area contributed by atoms with Gasteiger partial charge in [-0.25, -0.2) is 4.79 Å². The molecule has 33 heavy (non-hydrogen) atoms. The Kier molecular flexibility index (Phi) is 5.85. The topological polar surface area (TPSA) is 76.2 Å². The van der Waals surface area contributed by atoms with Crippen LogP contribution in [0, 0.1) is 0 Å². The Morgan fingerprint density at radius 2 is 1.73 bits per heavy atom. The molecule has 1 aromatic rings. The minimum atomic E-state index is -4.66. The van der Waals surface area contributed by atoms with Gasteiger partial charge >= 0.3 is 12.2 Å². The Morgan fingerprint density at radius 3 is 2.36 bits per heavy atom. The van der Waals surface area contributed by atoms with Crippen molar-refractivity contribution in [1.82, 2.24) is 24.9 Å². The van der Waals surface area contributed by atoms with Crippen molar-refractivity contribution in [2.75, 3.05) is 46.8 Å². The highest BCUT2D eigenvalue weighted by atomic mass is 19.4. The maximum absolute atomic E-state index is 13.7. The minimum absolute atomic E-state index is 0.0244. The van der Waals surface area contributed by atoms with Gasteiger partial charge < -0.3 is 20.0 Å². The van der Waals surface area contributed by atoms with E-state index in [-0.39, 0.29) is 23.6 Å². The van der Waals surface area contributed by atoms with Gasteiger partial charge in [0.15, 0.2) is 0 Å². The van der Waals surface area contributed by atoms with E-state index in [4.69, 9.17) is 0 Å². The molecule has 4 rings (SSSR count). The Labute approximate surface area is 189 Å². The molecule has 2 unspecified atom stereocenters. The van der Waals surface area contributed by atoms with Gasteiger partial charge in [-0.15, -0.1) is 0 Å². The summed E-state index contributed by atoms with van der Waals surface area (Å²) in [5.74, 6) is -0.765. The molecule has 0 aliphatic carbocycles. The van der Waals surface area contributed by atoms with Crippen LogP contribution < -0.4 is 5.32 Å². The number of likely N-dealkylation sites (N-methyl/N-ethyl adjacent to an activating group) is 2. The summed E-state index contributed by atoms with van der Waals surface area (Å²) in [5.41, 5.74) is -0.748. The van der Waals surface area contributed by atoms with Crippen molar-refractivity contribution in [2.45, 2.75) is 25.2 Å². The van der Waals surface area contributed by atoms with E-state index in [9.17, 15) is 27.6 Å². The van der Waals surface area contributed by atoms with Gasteiger partial charge in [-0.1, -0.05) is 18.2 Å². The van der Waals surface area contributed by atoms with Gasteiger partial charge in [-0.3, -0.25) is 14.5 Å². The lowest BCUT2D eigenvalue weighted by Gasteiger charge is -2.36. The number of amides is 4. The van der Waals surface area contributed by atoms with Gasteiger partial charge in [0.1, 0.15) is 6.04 Å². The Balaban J connectivity index is 1.66. The van der Waals surface area contributed by atoms with Gasteiger partial charge in [0.25, 0.3) is 5.91 Å². The first-order valence-corrected chi connectivity index (χ1v) is 10.7. The fourth-order valence-electron chi connectivity index (χ4n) is 4.57. The second-order valence-electron chi connectivity index (χ2n) is 8.62. The second-order valence-corrected chi connectivity index (χ2v) is 8.62. The summed E-state index contributed by atoms with van der Waals surface area (Å²) in [6, 6.07) is 2.21. The molecule has 3 aliphatic heterocycles. The van der Waals surface area contributed by atoms with E-state index in [1.165, 1.54) is 35.0 Å². The Bertz CT molecular complexity index is 1020. The van der Waals surface area contributed by atoms with Crippen molar-refractivity contribution < 1.29 is 27.6 Å². The highest BCUT2D eigenvalue weighted by Gasteiger charge is 2.47. The molecule has 0 spiro atoms. The quantitative estimate of drug-likeness (QED) is 0.737. The molecule has 11 heteroatoms. The number of alkyl halides is 3. The molecule has 0 aromatic heterocycles. The van der Waals surface area contributed by atoms with Crippen molar-refractivity contribution in [3.8, 4) is 0 Å². The maximum atomic E-state index is 13.7. The molecular weight excluding hydrogens is 439 g/mol. The van der Waals surface area contributed by atoms with E-state index < -0.39 is 35.8 Å². The molecule has 1 aromatic carbocycles. The van der Waals surface area contributed by atoms with Crippen LogP contribution in [-0.2, 0) is 15.8 Å². The first kappa shape index (κ1) is 23.1. The summed E-state index contributed by atoms with van der Waals surface area (Å²) >= 11 is 0. The van der Waals surface area contributed by atoms with E-state index in [2.05, 4.69) is 10.2 Å². The van der Waals surface area contributed by atoms with Gasteiger partial charge in [-0.2, -0.15) is 13.2 Å². The average Bonchev–Trinajstić information content (AvgIpc) is 3.12. The number of hydrogen-bond donors (Lipinski definition) is 1. The lowest BCUT2D eigenvalue weighted by Crippen LogP contribution is -2.54. The molecule has 3 heterocycles. The summed E-state index contributed by atoms with van der Waals surface area (Å²) < 4.78 is 41.0. The average molecular weight is 465 g/mol. The smallest absolute Gasteiger partial charge is 0.338 e. The fraction of sp³-hybridized carbons (Fsp3) is 0.500. The molecule has 0 saturated carbocycles. The number of carbonyl (C=O) groups is 3. The Hall–Kier alpha value is -3.08. The van der Waals surface area contributed by atoms with Gasteiger partial charge in [-0.05, 0) is 25.6 Å². The van der Waals surface area contributed by atoms with E-state index in [0.29, 0.717) is 18.8 Å². The molecule has 1 fully saturated rings. The highest BCUT2D eigenvalue weighted by molar-refractivity contribution is 6.03. The number of piperazine rings is 1. The molecule has 4 amide bonds. The van der Waals surface area contributed by atoms with Crippen LogP contribution in [0.25, 0.3) is 0 Å². The van der Waals surface area contributed by atoms with Crippen LogP contribution in [0.4, 0.5) is 18.0 Å². The van der Waals surface area contributed by atoms with E-state index in [0.717, 1.165) is 19.2 Å². The van der Waals surface area contributed by atoms with Crippen LogP contribution in [0.3, 0.4) is 0 Å². The molecule has 1 N–H and O–H groups in total. The number of nitrogens with zero attached hydrogens (tertiary/aromatic N) is 4. The summed E-state index contributed by atoms with van der Waals surface area (Å²) in [6.07, 6.45) is -4.66. The lowest BCUT2D eigenvalue weighted by molar-refractivity contribution is -0.143. The standard InChI is InChI=1S/C22H26F3N5O3/c1-13(19(31)29-10-8-27(2)9-11-29)30-12-16-17(20(30)32)18(26-21(33)28(16)3)14-6-4-5-7-15(14)22(23,24)25/h4-7,13,18H,8-12H2,1-3H3,(H,26,33). The van der Waals surface area contributed by atoms with Crippen LogP contribution in [0.2, 0.25) is 0 Å². The minimum Gasteiger partial charge on any atom is -0.338 e. The largest absolute Gasteiger partial charge is 0.416 e. The van der Waals surface area contributed by atoms with Crippen molar-refractivity contribution in [2.24, 2.45) is 0 Å². The van der Waals surface area contributed by atoms with Crippen molar-refractivity contribution >= 4 is 17.8 Å². The molecule has 1 saturated heterocycles. The number of rotatable bonds is 3. The van der Waals surface area contributed by atoms with Gasteiger partial charge in [0.2, 0.25) is 5.91 Å². The van der Waals surface area contributed by atoms with E-state index in [1.807, 2.05) is 7.05 Å². The van der Waals surface area contributed by atoms with Crippen LogP contribution >= 0.6 is 0 Å². The predicted molar refractivity (Wildman–Crippen MR) is 113 cm³/mol. The number of urea groups is 1. The third-order valence-electron chi connectivity index (χ3n) is 6.61. The molecule has 3 aliphatic rings. The summed E-state index contributed by atoms with van der Waals surface area (Å²) in [6.45, 7) is 4.11. The second kappa shape index (κ2) is 8.36. The number of benzene rings is 1. The summed E-state index contributed by atoms with van der Waals surface area (Å²) in [4.78, 5) is 45.5. The van der Waals surface area contributed by atoms with Gasteiger partial charge in [0, 0.05) is 33.2 Å². The lowest BCUT2D eigenvalue weighted by atomic mass is 9.91. The predicted octanol–water partition coefficient (Wildman–Crippen LogP) is 1.66. The Morgan fingerprint density at radius 1 is 1.09 bits per heavy atom. The van der Waals surface area contributed by atoms with Crippen LogP contribution in [-0.4, -0.2) is 90.3 Å². The molecule has 178 valence electrons. The first-order valence-electron chi connectivity index (χ1n) is 10.7. The number of nitrogens with one attached hydrogen (secondary N) is 1.